The molecule has 0 bridgehead atoms. The number of nitrogens with one attached hydrogen (secondary N) is 1. The average Bonchev–Trinajstić information content (AvgIpc) is 3.18. The molecule has 0 saturated carbocycles. The number of hydrogen-bond donors (Lipinski definition) is 1. The number of piperazine rings is 1. The van der Waals surface area contributed by atoms with Gasteiger partial charge in [0.25, 0.3) is 5.91 Å². The van der Waals surface area contributed by atoms with Crippen LogP contribution in [0.2, 0.25) is 0 Å². The summed E-state index contributed by atoms with van der Waals surface area (Å²) >= 11 is 0. The van der Waals surface area contributed by atoms with E-state index in [-0.39, 0.29) is 42.0 Å². The first-order chi connectivity index (χ1) is 22.2. The van der Waals surface area contributed by atoms with Gasteiger partial charge in [-0.25, -0.2) is 4.39 Å². The van der Waals surface area contributed by atoms with Crippen molar-refractivity contribution in [1.29, 1.82) is 0 Å². The Hall–Kier alpha value is -4.86. The molecule has 0 aromatic heterocycles. The summed E-state index contributed by atoms with van der Waals surface area (Å²) in [5.41, 5.74) is 3.55. The summed E-state index contributed by atoms with van der Waals surface area (Å²) < 4.78 is 25.8. The van der Waals surface area contributed by atoms with Crippen LogP contribution >= 0.6 is 0 Å². The summed E-state index contributed by atoms with van der Waals surface area (Å²) in [5.74, 6) is 0.527. The SMILES string of the molecule is CC1(C)CC(=O)C2=C(C1)Nc1ccccc1N(CC(=O)N1CCN(C(=O)C3COc4ccccc4O3)CC1)C2c1ccc(F)cc1. The molecule has 1 saturated heterocycles. The molecule has 10 heteroatoms. The first-order valence-corrected chi connectivity index (χ1v) is 15.8. The molecule has 238 valence electrons. The van der Waals surface area contributed by atoms with Crippen LogP contribution < -0.4 is 19.7 Å². The number of anilines is 2. The second kappa shape index (κ2) is 11.8. The van der Waals surface area contributed by atoms with Crippen LogP contribution in [0.5, 0.6) is 11.5 Å². The molecule has 1 fully saturated rings. The maximum atomic E-state index is 14.1. The third kappa shape index (κ3) is 5.68. The molecule has 0 radical (unpaired) electrons. The van der Waals surface area contributed by atoms with Crippen molar-refractivity contribution in [2.45, 2.75) is 38.8 Å². The summed E-state index contributed by atoms with van der Waals surface area (Å²) in [4.78, 5) is 46.7. The molecule has 9 nitrogen and oxygen atoms in total. The predicted octanol–water partition coefficient (Wildman–Crippen LogP) is 4.95. The van der Waals surface area contributed by atoms with Crippen LogP contribution in [0.25, 0.3) is 0 Å². The molecule has 1 aliphatic carbocycles. The molecule has 0 spiro atoms. The molecule has 3 heterocycles. The number of Topliss-reactive ketones (excluding diaryl/α,β-unsaturated/α-hetero) is 1. The van der Waals surface area contributed by atoms with Crippen molar-refractivity contribution in [3.05, 3.63) is 95.4 Å². The average molecular weight is 625 g/mol. The van der Waals surface area contributed by atoms with E-state index in [1.165, 1.54) is 12.1 Å². The van der Waals surface area contributed by atoms with Gasteiger partial charge in [-0.3, -0.25) is 14.4 Å². The Morgan fingerprint density at radius 3 is 2.33 bits per heavy atom. The number of amides is 2. The molecule has 2 unspecified atom stereocenters. The Morgan fingerprint density at radius 2 is 1.57 bits per heavy atom. The van der Waals surface area contributed by atoms with E-state index in [0.29, 0.717) is 56.1 Å². The molecule has 4 aliphatic rings. The zero-order chi connectivity index (χ0) is 32.0. The van der Waals surface area contributed by atoms with Gasteiger partial charge in [0.05, 0.1) is 24.0 Å². The quantitative estimate of drug-likeness (QED) is 0.439. The molecule has 3 aromatic carbocycles. The van der Waals surface area contributed by atoms with Gasteiger partial charge < -0.3 is 29.5 Å². The maximum Gasteiger partial charge on any atom is 0.267 e. The van der Waals surface area contributed by atoms with Crippen LogP contribution in [0, 0.1) is 11.2 Å². The Morgan fingerprint density at radius 1 is 0.891 bits per heavy atom. The fourth-order valence-electron chi connectivity index (χ4n) is 6.99. The summed E-state index contributed by atoms with van der Waals surface area (Å²) in [7, 11) is 0. The second-order valence-corrected chi connectivity index (χ2v) is 13.1. The smallest absolute Gasteiger partial charge is 0.267 e. The molecule has 1 N–H and O–H groups in total. The topological polar surface area (TPSA) is 91.4 Å². The minimum absolute atomic E-state index is 0.00149. The highest BCUT2D eigenvalue weighted by molar-refractivity contribution is 6.02. The summed E-state index contributed by atoms with van der Waals surface area (Å²) in [6.45, 7) is 5.77. The van der Waals surface area contributed by atoms with Crippen molar-refractivity contribution in [2.75, 3.05) is 49.5 Å². The van der Waals surface area contributed by atoms with E-state index in [9.17, 15) is 18.8 Å². The number of carbonyl (C=O) groups is 3. The number of fused-ring (bicyclic) bond motifs is 2. The number of halogens is 1. The van der Waals surface area contributed by atoms with Gasteiger partial charge in [0, 0.05) is 43.9 Å². The number of rotatable bonds is 4. The van der Waals surface area contributed by atoms with E-state index >= 15 is 0 Å². The highest BCUT2D eigenvalue weighted by Crippen LogP contribution is 2.48. The van der Waals surface area contributed by atoms with Crippen molar-refractivity contribution >= 4 is 29.0 Å². The highest BCUT2D eigenvalue weighted by atomic mass is 19.1. The van der Waals surface area contributed by atoms with E-state index in [2.05, 4.69) is 19.2 Å². The van der Waals surface area contributed by atoms with Gasteiger partial charge in [0.15, 0.2) is 17.3 Å². The lowest BCUT2D eigenvalue weighted by Gasteiger charge is -2.40. The summed E-state index contributed by atoms with van der Waals surface area (Å²) in [5, 5.41) is 3.55. The van der Waals surface area contributed by atoms with Crippen LogP contribution in [0.4, 0.5) is 15.8 Å². The van der Waals surface area contributed by atoms with Crippen LogP contribution in [0.1, 0.15) is 38.3 Å². The molecule has 3 aromatic rings. The summed E-state index contributed by atoms with van der Waals surface area (Å²) in [6.07, 6.45) is 0.301. The number of hydrogen-bond acceptors (Lipinski definition) is 7. The normalized spacial score (nSPS) is 22.0. The van der Waals surface area contributed by atoms with E-state index in [1.807, 2.05) is 47.4 Å². The number of nitrogens with zero attached hydrogens (tertiary/aromatic N) is 3. The molecular weight excluding hydrogens is 587 g/mol. The standard InChI is InChI=1S/C36H37FN4O5/c1-36(2)19-26-33(28(42)20-36)34(23-11-13-24(37)14-12-23)41(27-8-4-3-7-25(27)38-26)21-32(43)39-15-17-40(18-16-39)35(44)31-22-45-29-9-5-6-10-30(29)46-31/h3-14,31,34,38H,15-22H2,1-2H3. The minimum Gasteiger partial charge on any atom is -0.485 e. The monoisotopic (exact) mass is 624 g/mol. The van der Waals surface area contributed by atoms with Gasteiger partial charge in [0.1, 0.15) is 12.4 Å². The zero-order valence-corrected chi connectivity index (χ0v) is 26.0. The number of carbonyl (C=O) groups excluding carboxylic acids is 3. The van der Waals surface area contributed by atoms with Crippen molar-refractivity contribution in [3.63, 3.8) is 0 Å². The molecule has 2 amide bonds. The number of allylic oxidation sites excluding steroid dienone is 1. The summed E-state index contributed by atoms with van der Waals surface area (Å²) in [6, 6.07) is 20.6. The van der Waals surface area contributed by atoms with Crippen molar-refractivity contribution in [3.8, 4) is 11.5 Å². The van der Waals surface area contributed by atoms with Gasteiger partial charge in [0.2, 0.25) is 12.0 Å². The van der Waals surface area contributed by atoms with Crippen LogP contribution in [-0.4, -0.2) is 72.8 Å². The largest absolute Gasteiger partial charge is 0.485 e. The van der Waals surface area contributed by atoms with Crippen LogP contribution in [0.3, 0.4) is 0 Å². The first kappa shape index (κ1) is 29.8. The Bertz CT molecular complexity index is 1710. The first-order valence-electron chi connectivity index (χ1n) is 15.8. The van der Waals surface area contributed by atoms with Crippen molar-refractivity contribution in [1.82, 2.24) is 9.80 Å². The molecular formula is C36H37FN4O5. The number of para-hydroxylation sites is 4. The van der Waals surface area contributed by atoms with E-state index in [1.54, 1.807) is 28.0 Å². The Kier molecular flexibility index (Phi) is 7.66. The van der Waals surface area contributed by atoms with E-state index in [4.69, 9.17) is 9.47 Å². The number of benzene rings is 3. The molecule has 3 aliphatic heterocycles. The number of ether oxygens (including phenoxy) is 2. The minimum atomic E-state index is -0.741. The predicted molar refractivity (Wildman–Crippen MR) is 171 cm³/mol. The zero-order valence-electron chi connectivity index (χ0n) is 26.0. The van der Waals surface area contributed by atoms with Crippen molar-refractivity contribution in [2.24, 2.45) is 5.41 Å². The lowest BCUT2D eigenvalue weighted by Crippen LogP contribution is -2.56. The van der Waals surface area contributed by atoms with Crippen LogP contribution in [0.15, 0.2) is 84.1 Å². The fraction of sp³-hybridized carbons (Fsp3) is 0.361. The van der Waals surface area contributed by atoms with E-state index < -0.39 is 12.1 Å². The molecule has 2 atom stereocenters. The third-order valence-electron chi connectivity index (χ3n) is 9.22. The lowest BCUT2D eigenvalue weighted by molar-refractivity contribution is -0.145. The maximum absolute atomic E-state index is 14.1. The van der Waals surface area contributed by atoms with Crippen molar-refractivity contribution < 1.29 is 28.2 Å². The van der Waals surface area contributed by atoms with Gasteiger partial charge >= 0.3 is 0 Å². The van der Waals surface area contributed by atoms with Gasteiger partial charge in [-0.15, -0.1) is 0 Å². The van der Waals surface area contributed by atoms with Crippen LogP contribution in [-0.2, 0) is 14.4 Å². The fourth-order valence-corrected chi connectivity index (χ4v) is 6.99. The molecule has 7 rings (SSSR count). The van der Waals surface area contributed by atoms with Gasteiger partial charge in [-0.1, -0.05) is 50.2 Å². The number of ketones is 1. The lowest BCUT2D eigenvalue weighted by atomic mass is 9.73. The van der Waals surface area contributed by atoms with E-state index in [0.717, 1.165) is 22.6 Å². The molecule has 46 heavy (non-hydrogen) atoms. The second-order valence-electron chi connectivity index (χ2n) is 13.1. The van der Waals surface area contributed by atoms with Gasteiger partial charge in [-0.2, -0.15) is 0 Å². The third-order valence-corrected chi connectivity index (χ3v) is 9.22. The Labute approximate surface area is 267 Å². The highest BCUT2D eigenvalue weighted by Gasteiger charge is 2.42. The van der Waals surface area contributed by atoms with Gasteiger partial charge in [-0.05, 0) is 53.8 Å². The Balaban J connectivity index is 1.13.